The number of esters is 2. The van der Waals surface area contributed by atoms with Gasteiger partial charge in [-0.25, -0.2) is 4.79 Å². The lowest BCUT2D eigenvalue weighted by molar-refractivity contribution is -0.154. The Morgan fingerprint density at radius 2 is 1.96 bits per heavy atom. The molecule has 6 nitrogen and oxygen atoms in total. The van der Waals surface area contributed by atoms with Crippen molar-refractivity contribution >= 4 is 11.9 Å². The van der Waals surface area contributed by atoms with E-state index in [2.05, 4.69) is 0 Å². The molecule has 0 aliphatic carbocycles. The third-order valence-corrected chi connectivity index (χ3v) is 4.45. The van der Waals surface area contributed by atoms with Crippen molar-refractivity contribution in [3.63, 3.8) is 0 Å². The molecule has 0 unspecified atom stereocenters. The summed E-state index contributed by atoms with van der Waals surface area (Å²) in [4.78, 5) is 23.8. The normalized spacial score (nSPS) is 14.0. The van der Waals surface area contributed by atoms with Crippen molar-refractivity contribution in [2.75, 3.05) is 7.11 Å². The number of phenolic OH excluding ortho intramolecular Hbond substituents is 1. The zero-order chi connectivity index (χ0) is 20.4. The van der Waals surface area contributed by atoms with Gasteiger partial charge in [0, 0.05) is 17.5 Å². The van der Waals surface area contributed by atoms with Gasteiger partial charge in [0.2, 0.25) is 0 Å². The van der Waals surface area contributed by atoms with Crippen LogP contribution < -0.4 is 4.74 Å². The average Bonchev–Trinajstić information content (AvgIpc) is 2.95. The molecule has 0 saturated carbocycles. The van der Waals surface area contributed by atoms with Crippen LogP contribution >= 0.6 is 0 Å². The van der Waals surface area contributed by atoms with E-state index in [4.69, 9.17) is 14.2 Å². The smallest absolute Gasteiger partial charge is 0.342 e. The molecular formula is C21H28O6. The molecule has 0 bridgehead atoms. The molecule has 0 aromatic heterocycles. The van der Waals surface area contributed by atoms with Crippen molar-refractivity contribution in [3.8, 4) is 11.5 Å². The molecule has 6 heteroatoms. The van der Waals surface area contributed by atoms with Crippen molar-refractivity contribution < 1.29 is 28.9 Å². The Labute approximate surface area is 160 Å². The molecule has 148 valence electrons. The van der Waals surface area contributed by atoms with E-state index in [1.54, 1.807) is 0 Å². The lowest BCUT2D eigenvalue weighted by atomic mass is 9.94. The second kappa shape index (κ2) is 8.03. The molecule has 2 rings (SSSR count). The molecule has 1 heterocycles. The minimum Gasteiger partial charge on any atom is -0.507 e. The van der Waals surface area contributed by atoms with Crippen LogP contribution in [0, 0.1) is 6.92 Å². The van der Waals surface area contributed by atoms with Crippen LogP contribution in [0.1, 0.15) is 67.6 Å². The minimum atomic E-state index is -0.514. The summed E-state index contributed by atoms with van der Waals surface area (Å²) in [5.41, 5.74) is 2.73. The van der Waals surface area contributed by atoms with Crippen LogP contribution in [0.2, 0.25) is 0 Å². The highest BCUT2D eigenvalue weighted by Crippen LogP contribution is 2.42. The molecule has 0 spiro atoms. The molecule has 0 fully saturated rings. The zero-order valence-electron chi connectivity index (χ0n) is 16.9. The van der Waals surface area contributed by atoms with Crippen LogP contribution in [-0.4, -0.2) is 29.8 Å². The largest absolute Gasteiger partial charge is 0.507 e. The number of hydrogen-bond donors (Lipinski definition) is 1. The van der Waals surface area contributed by atoms with E-state index >= 15 is 0 Å². The Morgan fingerprint density at radius 3 is 2.56 bits per heavy atom. The Bertz CT molecular complexity index is 783. The molecule has 27 heavy (non-hydrogen) atoms. The molecule has 1 aromatic carbocycles. The first kappa shape index (κ1) is 20.8. The number of aromatic hydroxyl groups is 1. The highest BCUT2D eigenvalue weighted by atomic mass is 16.6. The third kappa shape index (κ3) is 4.81. The van der Waals surface area contributed by atoms with Crippen LogP contribution in [0.3, 0.4) is 0 Å². The van der Waals surface area contributed by atoms with Crippen molar-refractivity contribution in [1.82, 2.24) is 0 Å². The molecule has 1 N–H and O–H groups in total. The molecule has 1 aliphatic rings. The second-order valence-corrected chi connectivity index (χ2v) is 7.76. The fraction of sp³-hybridized carbons (Fsp3) is 0.524. The highest BCUT2D eigenvalue weighted by molar-refractivity contribution is 5.98. The summed E-state index contributed by atoms with van der Waals surface area (Å²) < 4.78 is 15.8. The van der Waals surface area contributed by atoms with Gasteiger partial charge in [0.25, 0.3) is 0 Å². The lowest BCUT2D eigenvalue weighted by Crippen LogP contribution is -2.23. The van der Waals surface area contributed by atoms with Gasteiger partial charge in [-0.05, 0) is 53.0 Å². The number of fused-ring (bicyclic) bond motifs is 1. The van der Waals surface area contributed by atoms with E-state index in [1.807, 2.05) is 40.7 Å². The van der Waals surface area contributed by atoms with Gasteiger partial charge in [0.1, 0.15) is 29.3 Å². The first-order chi connectivity index (χ1) is 12.5. The number of ether oxygens (including phenoxy) is 3. The van der Waals surface area contributed by atoms with Crippen molar-refractivity contribution in [2.24, 2.45) is 0 Å². The number of carbonyl (C=O) groups excluding carboxylic acids is 2. The monoisotopic (exact) mass is 376 g/mol. The van der Waals surface area contributed by atoms with Gasteiger partial charge in [-0.15, -0.1) is 0 Å². The van der Waals surface area contributed by atoms with Gasteiger partial charge < -0.3 is 19.3 Å². The third-order valence-electron chi connectivity index (χ3n) is 4.45. The van der Waals surface area contributed by atoms with E-state index in [-0.39, 0.29) is 30.3 Å². The summed E-state index contributed by atoms with van der Waals surface area (Å²) >= 11 is 0. The molecule has 0 saturated heterocycles. The number of cyclic esters (lactones) is 1. The quantitative estimate of drug-likeness (QED) is 0.597. The standard InChI is InChI=1S/C21H28O6/c1-12(8-10-16(22)27-21(3,4)5)7-9-14-18(23)17-15(11-26-20(17)24)13(2)19(14)25-6/h7,23H,8-11H2,1-6H3/b12-7+. The Hall–Kier alpha value is -2.50. The number of rotatable bonds is 6. The van der Waals surface area contributed by atoms with Crippen molar-refractivity contribution in [2.45, 2.75) is 66.1 Å². The van der Waals surface area contributed by atoms with E-state index in [0.717, 1.165) is 11.1 Å². The summed E-state index contributed by atoms with van der Waals surface area (Å²) in [6.45, 7) is 9.43. The van der Waals surface area contributed by atoms with E-state index in [9.17, 15) is 14.7 Å². The van der Waals surface area contributed by atoms with Crippen molar-refractivity contribution in [3.05, 3.63) is 33.9 Å². The van der Waals surface area contributed by atoms with Gasteiger partial charge in [0.15, 0.2) is 0 Å². The molecule has 0 radical (unpaired) electrons. The molecule has 0 amide bonds. The Morgan fingerprint density at radius 1 is 1.30 bits per heavy atom. The fourth-order valence-corrected chi connectivity index (χ4v) is 3.10. The van der Waals surface area contributed by atoms with Gasteiger partial charge in [-0.1, -0.05) is 11.6 Å². The van der Waals surface area contributed by atoms with Gasteiger partial charge in [-0.3, -0.25) is 4.79 Å². The number of methoxy groups -OCH3 is 1. The SMILES string of the molecule is COc1c(C)c2c(c(O)c1C/C=C(\C)CCC(=O)OC(C)(C)C)C(=O)OC2. The maximum Gasteiger partial charge on any atom is 0.342 e. The van der Waals surface area contributed by atoms with E-state index in [0.29, 0.717) is 29.7 Å². The summed E-state index contributed by atoms with van der Waals surface area (Å²) in [5, 5.41) is 10.6. The molecule has 1 aromatic rings. The number of benzene rings is 1. The second-order valence-electron chi connectivity index (χ2n) is 7.76. The van der Waals surface area contributed by atoms with Crippen LogP contribution in [-0.2, 0) is 27.3 Å². The van der Waals surface area contributed by atoms with E-state index in [1.165, 1.54) is 7.11 Å². The molecule has 0 atom stereocenters. The number of hydrogen-bond acceptors (Lipinski definition) is 6. The predicted octanol–water partition coefficient (Wildman–Crippen LogP) is 3.99. The maximum atomic E-state index is 11.9. The van der Waals surface area contributed by atoms with Crippen LogP contribution in [0.5, 0.6) is 11.5 Å². The summed E-state index contributed by atoms with van der Waals surface area (Å²) in [6.07, 6.45) is 3.16. The first-order valence-electron chi connectivity index (χ1n) is 9.01. The van der Waals surface area contributed by atoms with E-state index < -0.39 is 11.6 Å². The van der Waals surface area contributed by atoms with Crippen molar-refractivity contribution in [1.29, 1.82) is 0 Å². The van der Waals surface area contributed by atoms with Gasteiger partial charge in [-0.2, -0.15) is 0 Å². The van der Waals surface area contributed by atoms with Crippen LogP contribution in [0.25, 0.3) is 0 Å². The maximum absolute atomic E-state index is 11.9. The number of phenols is 1. The average molecular weight is 376 g/mol. The predicted molar refractivity (Wildman–Crippen MR) is 101 cm³/mol. The van der Waals surface area contributed by atoms with Crippen LogP contribution in [0.4, 0.5) is 0 Å². The molecule has 1 aliphatic heterocycles. The first-order valence-corrected chi connectivity index (χ1v) is 9.01. The zero-order valence-corrected chi connectivity index (χ0v) is 16.9. The Balaban J connectivity index is 2.16. The molecular weight excluding hydrogens is 348 g/mol. The fourth-order valence-electron chi connectivity index (χ4n) is 3.10. The summed E-state index contributed by atoms with van der Waals surface area (Å²) in [6, 6.07) is 0. The summed E-state index contributed by atoms with van der Waals surface area (Å²) in [7, 11) is 1.54. The summed E-state index contributed by atoms with van der Waals surface area (Å²) in [5.74, 6) is -0.293. The van der Waals surface area contributed by atoms with Crippen LogP contribution in [0.15, 0.2) is 11.6 Å². The lowest BCUT2D eigenvalue weighted by Gasteiger charge is -2.19. The minimum absolute atomic E-state index is 0.0915. The Kier molecular flexibility index (Phi) is 6.19. The number of carbonyl (C=O) groups is 2. The van der Waals surface area contributed by atoms with Gasteiger partial charge in [0.05, 0.1) is 7.11 Å². The van der Waals surface area contributed by atoms with Gasteiger partial charge >= 0.3 is 11.9 Å². The number of allylic oxidation sites excluding steroid dienone is 2. The highest BCUT2D eigenvalue weighted by Gasteiger charge is 2.31. The topological polar surface area (TPSA) is 82.1 Å².